The molecule has 0 aromatic heterocycles. The lowest BCUT2D eigenvalue weighted by Crippen LogP contribution is -2.13. The van der Waals surface area contributed by atoms with E-state index in [1.807, 2.05) is 19.1 Å². The van der Waals surface area contributed by atoms with E-state index < -0.39 is 0 Å². The van der Waals surface area contributed by atoms with Crippen LogP contribution in [0.2, 0.25) is 0 Å². The number of carbonyl (C=O) groups excluding carboxylic acids is 1. The molecule has 0 fully saturated rings. The monoisotopic (exact) mass is 350 g/mol. The number of hydrogen-bond donors (Lipinski definition) is 2. The molecule has 5 heteroatoms. The molecule has 0 atom stereocenters. The zero-order chi connectivity index (χ0) is 15.4. The van der Waals surface area contributed by atoms with Crippen molar-refractivity contribution in [2.75, 3.05) is 17.2 Å². The molecule has 1 amide bonds. The average molecular weight is 351 g/mol. The molecular formula is C16H16BrFN2O. The third-order valence-corrected chi connectivity index (χ3v) is 3.65. The van der Waals surface area contributed by atoms with Crippen LogP contribution in [0, 0.1) is 12.7 Å². The largest absolute Gasteiger partial charge is 0.385 e. The summed E-state index contributed by atoms with van der Waals surface area (Å²) in [5, 5.41) is 5.96. The van der Waals surface area contributed by atoms with E-state index in [2.05, 4.69) is 26.6 Å². The number of rotatable bonds is 4. The first kappa shape index (κ1) is 15.5. The highest BCUT2D eigenvalue weighted by Gasteiger charge is 2.10. The van der Waals surface area contributed by atoms with Crippen LogP contribution in [0.15, 0.2) is 40.9 Å². The van der Waals surface area contributed by atoms with E-state index in [4.69, 9.17) is 0 Å². The van der Waals surface area contributed by atoms with Crippen LogP contribution in [-0.2, 0) is 0 Å². The Morgan fingerprint density at radius 2 is 1.90 bits per heavy atom. The average Bonchev–Trinajstić information content (AvgIpc) is 2.46. The molecule has 2 aromatic carbocycles. The zero-order valence-corrected chi connectivity index (χ0v) is 13.4. The predicted octanol–water partition coefficient (Wildman–Crippen LogP) is 4.58. The van der Waals surface area contributed by atoms with Crippen LogP contribution in [0.25, 0.3) is 0 Å². The quantitative estimate of drug-likeness (QED) is 0.847. The van der Waals surface area contributed by atoms with Crippen molar-refractivity contribution < 1.29 is 9.18 Å². The van der Waals surface area contributed by atoms with E-state index in [1.165, 1.54) is 6.07 Å². The number of hydrogen-bond acceptors (Lipinski definition) is 2. The summed E-state index contributed by atoms with van der Waals surface area (Å²) in [5.41, 5.74) is 2.78. The summed E-state index contributed by atoms with van der Waals surface area (Å²) in [5.74, 6) is -0.569. The van der Waals surface area contributed by atoms with Crippen molar-refractivity contribution in [2.45, 2.75) is 13.8 Å². The molecule has 0 saturated heterocycles. The Morgan fingerprint density at radius 1 is 1.24 bits per heavy atom. The van der Waals surface area contributed by atoms with E-state index in [-0.39, 0.29) is 11.7 Å². The molecule has 2 N–H and O–H groups in total. The van der Waals surface area contributed by atoms with Crippen LogP contribution in [0.5, 0.6) is 0 Å². The van der Waals surface area contributed by atoms with Gasteiger partial charge in [0.2, 0.25) is 0 Å². The summed E-state index contributed by atoms with van der Waals surface area (Å²) in [4.78, 5) is 12.2. The number of nitrogens with one attached hydrogen (secondary N) is 2. The van der Waals surface area contributed by atoms with E-state index in [9.17, 15) is 9.18 Å². The summed E-state index contributed by atoms with van der Waals surface area (Å²) in [6.45, 7) is 4.59. The molecule has 2 rings (SSSR count). The summed E-state index contributed by atoms with van der Waals surface area (Å²) < 4.78 is 13.7. The minimum absolute atomic E-state index is 0.223. The fourth-order valence-corrected chi connectivity index (χ4v) is 2.26. The molecule has 2 aromatic rings. The lowest BCUT2D eigenvalue weighted by Gasteiger charge is -2.10. The Kier molecular flexibility index (Phi) is 4.96. The van der Waals surface area contributed by atoms with Gasteiger partial charge in [-0.1, -0.05) is 0 Å². The molecule has 0 heterocycles. The van der Waals surface area contributed by atoms with Gasteiger partial charge in [0.1, 0.15) is 5.82 Å². The highest BCUT2D eigenvalue weighted by atomic mass is 79.9. The molecule has 0 aliphatic rings. The Balaban J connectivity index is 2.16. The van der Waals surface area contributed by atoms with Gasteiger partial charge in [0.15, 0.2) is 0 Å². The number of carbonyl (C=O) groups is 1. The molecule has 0 saturated carbocycles. The molecule has 0 radical (unpaired) electrons. The van der Waals surface area contributed by atoms with Crippen LogP contribution in [0.1, 0.15) is 22.8 Å². The van der Waals surface area contributed by atoms with E-state index in [0.29, 0.717) is 21.3 Å². The summed E-state index contributed by atoms with van der Waals surface area (Å²) in [6.07, 6.45) is 0. The van der Waals surface area contributed by atoms with Crippen molar-refractivity contribution in [3.8, 4) is 0 Å². The lowest BCUT2D eigenvalue weighted by atomic mass is 10.1. The number of aryl methyl sites for hydroxylation is 1. The lowest BCUT2D eigenvalue weighted by molar-refractivity contribution is 0.102. The second kappa shape index (κ2) is 6.72. The maximum absolute atomic E-state index is 13.4. The van der Waals surface area contributed by atoms with Gasteiger partial charge >= 0.3 is 0 Å². The third kappa shape index (κ3) is 3.82. The van der Waals surface area contributed by atoms with Gasteiger partial charge in [0.25, 0.3) is 5.91 Å². The van der Waals surface area contributed by atoms with Crippen molar-refractivity contribution in [1.29, 1.82) is 0 Å². The zero-order valence-electron chi connectivity index (χ0n) is 11.8. The normalized spacial score (nSPS) is 10.3. The van der Waals surface area contributed by atoms with Crippen molar-refractivity contribution in [1.82, 2.24) is 0 Å². The van der Waals surface area contributed by atoms with Gasteiger partial charge in [-0.25, -0.2) is 4.39 Å². The van der Waals surface area contributed by atoms with Crippen LogP contribution < -0.4 is 10.6 Å². The first-order chi connectivity index (χ1) is 10.0. The maximum Gasteiger partial charge on any atom is 0.255 e. The van der Waals surface area contributed by atoms with Crippen LogP contribution in [0.4, 0.5) is 15.8 Å². The third-order valence-electron chi connectivity index (χ3n) is 3.04. The number of benzene rings is 2. The van der Waals surface area contributed by atoms with Gasteiger partial charge in [0, 0.05) is 23.5 Å². The summed E-state index contributed by atoms with van der Waals surface area (Å²) in [6, 6.07) is 10.2. The maximum atomic E-state index is 13.4. The summed E-state index contributed by atoms with van der Waals surface area (Å²) >= 11 is 3.12. The predicted molar refractivity (Wildman–Crippen MR) is 87.4 cm³/mol. The molecule has 0 spiro atoms. The molecule has 21 heavy (non-hydrogen) atoms. The Hall–Kier alpha value is -1.88. The Morgan fingerprint density at radius 3 is 2.52 bits per heavy atom. The standard InChI is InChI=1S/C16H16BrFN2O/c1-3-19-12-6-4-11(5-7-12)16(21)20-15-9-13(17)14(18)8-10(15)2/h4-9,19H,3H2,1-2H3,(H,20,21). The van der Waals surface area contributed by atoms with Crippen molar-refractivity contribution in [2.24, 2.45) is 0 Å². The van der Waals surface area contributed by atoms with Gasteiger partial charge in [-0.15, -0.1) is 0 Å². The molecule has 0 aliphatic carbocycles. The Bertz CT molecular complexity index is 656. The van der Waals surface area contributed by atoms with Crippen LogP contribution in [-0.4, -0.2) is 12.5 Å². The minimum atomic E-state index is -0.347. The topological polar surface area (TPSA) is 41.1 Å². The highest BCUT2D eigenvalue weighted by Crippen LogP contribution is 2.24. The van der Waals surface area contributed by atoms with Crippen LogP contribution in [0.3, 0.4) is 0 Å². The van der Waals surface area contributed by atoms with E-state index >= 15 is 0 Å². The van der Waals surface area contributed by atoms with Gasteiger partial charge in [-0.3, -0.25) is 4.79 Å². The SMILES string of the molecule is CCNc1ccc(C(=O)Nc2cc(Br)c(F)cc2C)cc1. The molecular weight excluding hydrogens is 335 g/mol. The van der Waals surface area contributed by atoms with Gasteiger partial charge in [-0.2, -0.15) is 0 Å². The van der Waals surface area contributed by atoms with Gasteiger partial charge in [-0.05, 0) is 71.7 Å². The van der Waals surface area contributed by atoms with Crippen molar-refractivity contribution in [3.05, 3.63) is 57.8 Å². The van der Waals surface area contributed by atoms with Crippen LogP contribution >= 0.6 is 15.9 Å². The van der Waals surface area contributed by atoms with Crippen molar-refractivity contribution in [3.63, 3.8) is 0 Å². The minimum Gasteiger partial charge on any atom is -0.385 e. The first-order valence-electron chi connectivity index (χ1n) is 6.62. The van der Waals surface area contributed by atoms with E-state index in [1.54, 1.807) is 25.1 Å². The molecule has 110 valence electrons. The second-order valence-electron chi connectivity index (χ2n) is 4.64. The fraction of sp³-hybridized carbons (Fsp3) is 0.188. The smallest absolute Gasteiger partial charge is 0.255 e. The molecule has 0 aliphatic heterocycles. The van der Waals surface area contributed by atoms with Gasteiger partial charge in [0.05, 0.1) is 4.47 Å². The van der Waals surface area contributed by atoms with Crippen molar-refractivity contribution >= 4 is 33.2 Å². The van der Waals surface area contributed by atoms with Gasteiger partial charge < -0.3 is 10.6 Å². The second-order valence-corrected chi connectivity index (χ2v) is 5.50. The summed E-state index contributed by atoms with van der Waals surface area (Å²) in [7, 11) is 0. The number of halogens is 2. The highest BCUT2D eigenvalue weighted by molar-refractivity contribution is 9.10. The molecule has 3 nitrogen and oxygen atoms in total. The molecule has 0 unspecified atom stereocenters. The number of anilines is 2. The Labute approximate surface area is 131 Å². The number of amides is 1. The first-order valence-corrected chi connectivity index (χ1v) is 7.41. The van der Waals surface area contributed by atoms with E-state index in [0.717, 1.165) is 12.2 Å². The fourth-order valence-electron chi connectivity index (χ4n) is 1.92. The molecule has 0 bridgehead atoms.